The van der Waals surface area contributed by atoms with Gasteiger partial charge in [0, 0.05) is 17.8 Å². The molecule has 0 unspecified atom stereocenters. The van der Waals surface area contributed by atoms with Crippen molar-refractivity contribution >= 4 is 46.8 Å². The van der Waals surface area contributed by atoms with Crippen LogP contribution in [0, 0.1) is 0 Å². The van der Waals surface area contributed by atoms with Crippen molar-refractivity contribution in [3.05, 3.63) is 72.3 Å². The van der Waals surface area contributed by atoms with Crippen molar-refractivity contribution in [1.29, 1.82) is 0 Å². The van der Waals surface area contributed by atoms with Crippen LogP contribution >= 0.6 is 12.2 Å². The lowest BCUT2D eigenvalue weighted by molar-refractivity contribution is -0.128. The monoisotopic (exact) mass is 451 g/mol. The molecule has 0 atom stereocenters. The summed E-state index contributed by atoms with van der Waals surface area (Å²) in [5.74, 6) is -1.01. The molecule has 1 saturated heterocycles. The number of thiocarbonyl (C=S) groups is 1. The number of hydrogen-bond acceptors (Lipinski definition) is 6. The van der Waals surface area contributed by atoms with E-state index in [0.717, 1.165) is 0 Å². The van der Waals surface area contributed by atoms with Crippen molar-refractivity contribution < 1.29 is 23.9 Å². The van der Waals surface area contributed by atoms with E-state index in [4.69, 9.17) is 21.7 Å². The number of amides is 3. The number of rotatable bonds is 8. The van der Waals surface area contributed by atoms with Gasteiger partial charge in [0.05, 0.1) is 7.11 Å². The Kier molecular flexibility index (Phi) is 7.35. The highest BCUT2D eigenvalue weighted by molar-refractivity contribution is 7.80. The van der Waals surface area contributed by atoms with Crippen LogP contribution in [0.1, 0.15) is 5.56 Å². The van der Waals surface area contributed by atoms with Crippen LogP contribution in [0.15, 0.2) is 66.8 Å². The van der Waals surface area contributed by atoms with Gasteiger partial charge in [0.2, 0.25) is 0 Å². The van der Waals surface area contributed by atoms with Gasteiger partial charge in [-0.05, 0) is 36.5 Å². The Labute approximate surface area is 190 Å². The molecular weight excluding hydrogens is 430 g/mol. The molecule has 0 spiro atoms. The van der Waals surface area contributed by atoms with Gasteiger partial charge in [-0.15, -0.1) is 6.58 Å². The lowest BCUT2D eigenvalue weighted by atomic mass is 10.1. The Hall–Kier alpha value is -3.98. The third-order valence-electron chi connectivity index (χ3n) is 4.43. The minimum absolute atomic E-state index is 0.0109. The minimum atomic E-state index is -0.629. The zero-order valence-electron chi connectivity index (χ0n) is 17.3. The molecule has 8 nitrogen and oxygen atoms in total. The van der Waals surface area contributed by atoms with Crippen molar-refractivity contribution in [3.8, 4) is 11.5 Å². The zero-order valence-corrected chi connectivity index (χ0v) is 18.1. The average Bonchev–Trinajstić information content (AvgIpc) is 2.78. The van der Waals surface area contributed by atoms with E-state index in [1.807, 2.05) is 6.07 Å². The predicted octanol–water partition coefficient (Wildman–Crippen LogP) is 2.53. The van der Waals surface area contributed by atoms with E-state index in [0.29, 0.717) is 17.0 Å². The number of carbonyl (C=O) groups excluding carboxylic acids is 3. The number of methoxy groups -OCH3 is 1. The van der Waals surface area contributed by atoms with E-state index in [1.54, 1.807) is 42.5 Å². The lowest BCUT2D eigenvalue weighted by Crippen LogP contribution is -2.53. The van der Waals surface area contributed by atoms with E-state index in [1.165, 1.54) is 24.2 Å². The van der Waals surface area contributed by atoms with Gasteiger partial charge < -0.3 is 14.8 Å². The van der Waals surface area contributed by atoms with Crippen LogP contribution in [0.2, 0.25) is 0 Å². The van der Waals surface area contributed by atoms with Crippen molar-refractivity contribution in [1.82, 2.24) is 10.2 Å². The fraction of sp³-hybridized carbons (Fsp3) is 0.130. The van der Waals surface area contributed by atoms with Gasteiger partial charge in [0.1, 0.15) is 5.57 Å². The van der Waals surface area contributed by atoms with Crippen LogP contribution in [-0.4, -0.2) is 48.0 Å². The summed E-state index contributed by atoms with van der Waals surface area (Å²) in [7, 11) is 1.45. The van der Waals surface area contributed by atoms with Crippen molar-refractivity contribution in [2.75, 3.05) is 25.6 Å². The summed E-state index contributed by atoms with van der Waals surface area (Å²) in [6, 6.07) is 13.9. The quantitative estimate of drug-likeness (QED) is 0.277. The summed E-state index contributed by atoms with van der Waals surface area (Å²) in [4.78, 5) is 38.8. The highest BCUT2D eigenvalue weighted by Crippen LogP contribution is 2.33. The molecule has 164 valence electrons. The van der Waals surface area contributed by atoms with Crippen molar-refractivity contribution in [2.24, 2.45) is 0 Å². The van der Waals surface area contributed by atoms with Gasteiger partial charge in [-0.1, -0.05) is 36.4 Å². The van der Waals surface area contributed by atoms with Gasteiger partial charge in [0.25, 0.3) is 17.7 Å². The van der Waals surface area contributed by atoms with E-state index in [2.05, 4.69) is 17.2 Å². The molecule has 2 aromatic rings. The third-order valence-corrected chi connectivity index (χ3v) is 4.75. The first kappa shape index (κ1) is 22.7. The molecule has 0 saturated carbocycles. The molecule has 32 heavy (non-hydrogen) atoms. The molecule has 3 rings (SSSR count). The number of ether oxygens (including phenoxy) is 2. The smallest absolute Gasteiger partial charge is 0.265 e. The second-order valence-corrected chi connectivity index (χ2v) is 6.99. The molecule has 2 aromatic carbocycles. The van der Waals surface area contributed by atoms with Gasteiger partial charge in [-0.3, -0.25) is 24.6 Å². The SMILES string of the molecule is C=CCN1C(=O)/C(=C/c2cccc(OC)c2OCC(=O)Nc2ccccc2)C(=O)NC1=S. The van der Waals surface area contributed by atoms with E-state index in [9.17, 15) is 14.4 Å². The Balaban J connectivity index is 1.86. The first-order valence-electron chi connectivity index (χ1n) is 9.59. The number of benzene rings is 2. The molecule has 0 radical (unpaired) electrons. The minimum Gasteiger partial charge on any atom is -0.493 e. The molecule has 1 fully saturated rings. The lowest BCUT2D eigenvalue weighted by Gasteiger charge is -2.28. The molecule has 9 heteroatoms. The molecule has 1 aliphatic rings. The first-order chi connectivity index (χ1) is 15.4. The second kappa shape index (κ2) is 10.4. The summed E-state index contributed by atoms with van der Waals surface area (Å²) >= 11 is 5.06. The molecular formula is C23H21N3O5S. The van der Waals surface area contributed by atoms with Crippen molar-refractivity contribution in [3.63, 3.8) is 0 Å². The highest BCUT2D eigenvalue weighted by Gasteiger charge is 2.33. The zero-order chi connectivity index (χ0) is 23.1. The summed E-state index contributed by atoms with van der Waals surface area (Å²) in [5, 5.41) is 5.22. The summed E-state index contributed by atoms with van der Waals surface area (Å²) < 4.78 is 11.1. The fourth-order valence-corrected chi connectivity index (χ4v) is 3.21. The van der Waals surface area contributed by atoms with Crippen molar-refractivity contribution in [2.45, 2.75) is 0 Å². The Morgan fingerprint density at radius 2 is 1.94 bits per heavy atom. The molecule has 1 heterocycles. The van der Waals surface area contributed by atoms with Crippen LogP contribution in [0.4, 0.5) is 5.69 Å². The molecule has 2 N–H and O–H groups in total. The largest absolute Gasteiger partial charge is 0.493 e. The molecule has 0 aliphatic carbocycles. The highest BCUT2D eigenvalue weighted by atomic mass is 32.1. The molecule has 1 aliphatic heterocycles. The van der Waals surface area contributed by atoms with Crippen LogP contribution in [0.5, 0.6) is 11.5 Å². The maximum atomic E-state index is 12.8. The number of hydrogen-bond donors (Lipinski definition) is 2. The maximum absolute atomic E-state index is 12.8. The summed E-state index contributed by atoms with van der Waals surface area (Å²) in [6.07, 6.45) is 2.88. The summed E-state index contributed by atoms with van der Waals surface area (Å²) in [6.45, 7) is 3.44. The maximum Gasteiger partial charge on any atom is 0.265 e. The predicted molar refractivity (Wildman–Crippen MR) is 124 cm³/mol. The topological polar surface area (TPSA) is 97.0 Å². The summed E-state index contributed by atoms with van der Waals surface area (Å²) in [5.41, 5.74) is 0.889. The van der Waals surface area contributed by atoms with Gasteiger partial charge in [0.15, 0.2) is 23.2 Å². The molecule has 0 bridgehead atoms. The van der Waals surface area contributed by atoms with Gasteiger partial charge >= 0.3 is 0 Å². The van der Waals surface area contributed by atoms with E-state index >= 15 is 0 Å². The molecule has 3 amide bonds. The third kappa shape index (κ3) is 5.19. The molecule has 0 aromatic heterocycles. The number of nitrogens with zero attached hydrogens (tertiary/aromatic N) is 1. The normalized spacial score (nSPS) is 14.7. The second-order valence-electron chi connectivity index (χ2n) is 6.60. The fourth-order valence-electron chi connectivity index (χ4n) is 2.96. The average molecular weight is 452 g/mol. The number of anilines is 1. The van der Waals surface area contributed by atoms with Crippen LogP contribution in [0.3, 0.4) is 0 Å². The van der Waals surface area contributed by atoms with E-state index < -0.39 is 11.8 Å². The van der Waals surface area contributed by atoms with Gasteiger partial charge in [-0.25, -0.2) is 0 Å². The number of para-hydroxylation sites is 2. The van der Waals surface area contributed by atoms with E-state index in [-0.39, 0.29) is 35.5 Å². The Morgan fingerprint density at radius 1 is 1.19 bits per heavy atom. The van der Waals surface area contributed by atoms with Crippen LogP contribution in [0.25, 0.3) is 6.08 Å². The van der Waals surface area contributed by atoms with Gasteiger partial charge in [-0.2, -0.15) is 0 Å². The van der Waals surface area contributed by atoms with Crippen LogP contribution < -0.4 is 20.1 Å². The standard InChI is InChI=1S/C23H21N3O5S/c1-3-12-26-22(29)17(21(28)25-23(26)32)13-15-8-7-11-18(30-2)20(15)31-14-19(27)24-16-9-5-4-6-10-16/h3-11,13H,1,12,14H2,2H3,(H,24,27)(H,25,28,32)/b17-13+. The Bertz CT molecular complexity index is 1100. The Morgan fingerprint density at radius 3 is 2.62 bits per heavy atom. The van der Waals surface area contributed by atoms with Crippen LogP contribution in [-0.2, 0) is 14.4 Å². The first-order valence-corrected chi connectivity index (χ1v) is 10.00. The number of carbonyl (C=O) groups is 3. The number of nitrogens with one attached hydrogen (secondary N) is 2.